The third kappa shape index (κ3) is 6.81. The summed E-state index contributed by atoms with van der Waals surface area (Å²) in [4.78, 5) is 27.9. The normalized spacial score (nSPS) is 13.7. The molecule has 1 unspecified atom stereocenters. The Morgan fingerprint density at radius 2 is 1.75 bits per heavy atom. The van der Waals surface area contributed by atoms with Crippen LogP contribution in [0.1, 0.15) is 65.7 Å². The Morgan fingerprint density at radius 3 is 2.40 bits per heavy atom. The number of anilines is 2. The summed E-state index contributed by atoms with van der Waals surface area (Å²) < 4.78 is 0.985. The molecule has 1 aliphatic rings. The van der Waals surface area contributed by atoms with Crippen LogP contribution in [0.3, 0.4) is 0 Å². The molecule has 0 saturated heterocycles. The maximum Gasteiger partial charge on any atom is 0.322 e. The van der Waals surface area contributed by atoms with Gasteiger partial charge in [0.15, 0.2) is 0 Å². The van der Waals surface area contributed by atoms with Crippen LogP contribution in [0.5, 0.6) is 0 Å². The molecule has 0 fully saturated rings. The van der Waals surface area contributed by atoms with Crippen molar-refractivity contribution in [1.82, 2.24) is 25.9 Å². The molecule has 10 heteroatoms. The van der Waals surface area contributed by atoms with E-state index in [0.29, 0.717) is 12.1 Å². The summed E-state index contributed by atoms with van der Waals surface area (Å²) in [7, 11) is 0. The van der Waals surface area contributed by atoms with Crippen LogP contribution in [-0.2, 0) is 6.54 Å². The van der Waals surface area contributed by atoms with Gasteiger partial charge in [-0.15, -0.1) is 5.10 Å². The number of benzene rings is 3. The molecular weight excluding hydrogens is 570 g/mol. The second-order valence-corrected chi connectivity index (χ2v) is 10.6. The van der Waals surface area contributed by atoms with Gasteiger partial charge in [0.1, 0.15) is 0 Å². The Labute approximate surface area is 241 Å². The lowest BCUT2D eigenvalue weighted by Crippen LogP contribution is -2.40. The van der Waals surface area contributed by atoms with E-state index in [4.69, 9.17) is 0 Å². The number of hydrogen-bond donors (Lipinski definition) is 3. The van der Waals surface area contributed by atoms with Gasteiger partial charge < -0.3 is 5.32 Å². The number of nitrogens with zero attached hydrogens (tertiary/aromatic N) is 4. The zero-order chi connectivity index (χ0) is 27.9. The van der Waals surface area contributed by atoms with Crippen LogP contribution < -0.4 is 15.5 Å². The van der Waals surface area contributed by atoms with Gasteiger partial charge in [-0.3, -0.25) is 15.0 Å². The Balaban J connectivity index is 1.35. The number of amides is 3. The fraction of sp³-hybridized carbons (Fsp3) is 0.233. The van der Waals surface area contributed by atoms with E-state index in [1.54, 1.807) is 17.0 Å². The minimum atomic E-state index is -0.349. The molecule has 1 atom stereocenters. The lowest BCUT2D eigenvalue weighted by Gasteiger charge is -2.26. The third-order valence-corrected chi connectivity index (χ3v) is 7.45. The second-order valence-electron chi connectivity index (χ2n) is 9.72. The number of tetrazole rings is 1. The van der Waals surface area contributed by atoms with E-state index < -0.39 is 0 Å². The van der Waals surface area contributed by atoms with E-state index in [2.05, 4.69) is 65.4 Å². The topological polar surface area (TPSA) is 116 Å². The highest BCUT2D eigenvalue weighted by Gasteiger charge is 2.20. The van der Waals surface area contributed by atoms with E-state index >= 15 is 0 Å². The molecule has 1 heterocycles. The Hall–Kier alpha value is -4.31. The Bertz CT molecular complexity index is 1470. The largest absolute Gasteiger partial charge is 0.331 e. The molecular formula is C30H30BrN7O2. The van der Waals surface area contributed by atoms with Crippen molar-refractivity contribution in [2.45, 2.75) is 45.2 Å². The summed E-state index contributed by atoms with van der Waals surface area (Å²) in [5.41, 5.74) is 5.68. The van der Waals surface area contributed by atoms with Gasteiger partial charge in [-0.05, 0) is 96.5 Å². The van der Waals surface area contributed by atoms with Crippen molar-refractivity contribution >= 4 is 45.1 Å². The van der Waals surface area contributed by atoms with Crippen molar-refractivity contribution in [2.75, 3.05) is 10.2 Å². The van der Waals surface area contributed by atoms with Gasteiger partial charge in [0.25, 0.3) is 11.9 Å². The van der Waals surface area contributed by atoms with E-state index in [9.17, 15) is 9.59 Å². The van der Waals surface area contributed by atoms with E-state index in [1.165, 1.54) is 24.0 Å². The molecule has 0 radical (unpaired) electrons. The minimum Gasteiger partial charge on any atom is -0.331 e. The summed E-state index contributed by atoms with van der Waals surface area (Å²) in [6, 6.07) is 22.8. The average molecular weight is 601 g/mol. The van der Waals surface area contributed by atoms with E-state index in [-0.39, 0.29) is 23.9 Å². The molecule has 1 aromatic heterocycles. The third-order valence-electron chi connectivity index (χ3n) is 6.92. The maximum atomic E-state index is 13.6. The zero-order valence-electron chi connectivity index (χ0n) is 22.1. The number of H-pyrrole nitrogens is 1. The van der Waals surface area contributed by atoms with Crippen molar-refractivity contribution in [3.8, 4) is 0 Å². The van der Waals surface area contributed by atoms with Crippen LogP contribution in [0.2, 0.25) is 0 Å². The summed E-state index contributed by atoms with van der Waals surface area (Å²) >= 11 is 3.46. The van der Waals surface area contributed by atoms with Crippen molar-refractivity contribution in [3.63, 3.8) is 0 Å². The summed E-state index contributed by atoms with van der Waals surface area (Å²) in [6.07, 6.45) is 6.96. The predicted octanol–water partition coefficient (Wildman–Crippen LogP) is 6.65. The molecule has 4 aromatic rings. The number of aromatic nitrogens is 4. The van der Waals surface area contributed by atoms with Crippen molar-refractivity contribution in [3.05, 3.63) is 106 Å². The van der Waals surface area contributed by atoms with Gasteiger partial charge in [-0.2, -0.15) is 5.21 Å². The molecule has 0 spiro atoms. The monoisotopic (exact) mass is 599 g/mol. The fourth-order valence-electron chi connectivity index (χ4n) is 4.67. The Kier molecular flexibility index (Phi) is 8.65. The first-order valence-electron chi connectivity index (χ1n) is 13.2. The van der Waals surface area contributed by atoms with E-state index in [1.807, 2.05) is 55.5 Å². The van der Waals surface area contributed by atoms with Gasteiger partial charge in [0.2, 0.25) is 0 Å². The molecule has 5 rings (SSSR count). The van der Waals surface area contributed by atoms with E-state index in [0.717, 1.165) is 34.1 Å². The molecule has 3 N–H and O–H groups in total. The smallest absolute Gasteiger partial charge is 0.322 e. The molecule has 204 valence electrons. The van der Waals surface area contributed by atoms with Crippen molar-refractivity contribution in [2.24, 2.45) is 0 Å². The predicted molar refractivity (Wildman–Crippen MR) is 159 cm³/mol. The van der Waals surface area contributed by atoms with Crippen LogP contribution in [0, 0.1) is 0 Å². The van der Waals surface area contributed by atoms with Gasteiger partial charge in [0, 0.05) is 15.7 Å². The van der Waals surface area contributed by atoms with Crippen LogP contribution in [-0.4, -0.2) is 32.6 Å². The highest BCUT2D eigenvalue weighted by atomic mass is 79.9. The van der Waals surface area contributed by atoms with Crippen LogP contribution >= 0.6 is 15.9 Å². The molecule has 3 amide bonds. The SMILES string of the molecule is CC(NC(=O)N(Cc1ccc(C(=O)Nc2nn[nH]n2)cc1)c1ccc(C2=CCCCC2)cc1)c1ccc(Br)cc1. The lowest BCUT2D eigenvalue weighted by atomic mass is 9.93. The number of urea groups is 1. The van der Waals surface area contributed by atoms with Gasteiger partial charge in [-0.1, -0.05) is 63.5 Å². The molecule has 0 aliphatic heterocycles. The van der Waals surface area contributed by atoms with Gasteiger partial charge in [0.05, 0.1) is 12.6 Å². The molecule has 0 saturated carbocycles. The summed E-state index contributed by atoms with van der Waals surface area (Å²) in [5.74, 6) is -0.247. The number of carbonyl (C=O) groups is 2. The second kappa shape index (κ2) is 12.7. The molecule has 3 aromatic carbocycles. The quantitative estimate of drug-likeness (QED) is 0.210. The maximum absolute atomic E-state index is 13.6. The Morgan fingerprint density at radius 1 is 1.00 bits per heavy atom. The molecule has 40 heavy (non-hydrogen) atoms. The molecule has 1 aliphatic carbocycles. The number of halogens is 1. The highest BCUT2D eigenvalue weighted by molar-refractivity contribution is 9.10. The van der Waals surface area contributed by atoms with Crippen LogP contribution in [0.25, 0.3) is 5.57 Å². The zero-order valence-corrected chi connectivity index (χ0v) is 23.7. The van der Waals surface area contributed by atoms with Gasteiger partial charge in [-0.25, -0.2) is 4.79 Å². The number of aromatic amines is 1. The fourth-order valence-corrected chi connectivity index (χ4v) is 4.93. The van der Waals surface area contributed by atoms with Crippen molar-refractivity contribution in [1.29, 1.82) is 0 Å². The lowest BCUT2D eigenvalue weighted by molar-refractivity contribution is 0.102. The highest BCUT2D eigenvalue weighted by Crippen LogP contribution is 2.29. The van der Waals surface area contributed by atoms with Crippen LogP contribution in [0.4, 0.5) is 16.4 Å². The molecule has 0 bridgehead atoms. The standard InChI is InChI=1S/C30H30BrN7O2/c1-20(22-11-15-26(31)16-12-22)32-30(40)38(27-17-13-24(14-18-27)23-5-3-2-4-6-23)19-21-7-9-25(10-8-21)28(39)33-29-34-36-37-35-29/h5,7-18,20H,2-4,6,19H2,1H3,(H,32,40)(H2,33,34,35,36,37,39). The number of hydrogen-bond acceptors (Lipinski definition) is 5. The average Bonchev–Trinajstić information content (AvgIpc) is 3.50. The summed E-state index contributed by atoms with van der Waals surface area (Å²) in [6.45, 7) is 2.29. The summed E-state index contributed by atoms with van der Waals surface area (Å²) in [5, 5.41) is 18.9. The minimum absolute atomic E-state index is 0.101. The van der Waals surface area contributed by atoms with Gasteiger partial charge >= 0.3 is 6.03 Å². The number of allylic oxidation sites excluding steroid dienone is 2. The first-order chi connectivity index (χ1) is 19.5. The number of nitrogens with one attached hydrogen (secondary N) is 3. The number of carbonyl (C=O) groups excluding carboxylic acids is 2. The molecule has 9 nitrogen and oxygen atoms in total. The first-order valence-corrected chi connectivity index (χ1v) is 14.0. The first kappa shape index (κ1) is 27.3. The van der Waals surface area contributed by atoms with Crippen LogP contribution in [0.15, 0.2) is 83.3 Å². The van der Waals surface area contributed by atoms with Crippen molar-refractivity contribution < 1.29 is 9.59 Å². The number of rotatable bonds is 8.